The van der Waals surface area contributed by atoms with Crippen molar-refractivity contribution in [1.82, 2.24) is 4.90 Å². The summed E-state index contributed by atoms with van der Waals surface area (Å²) in [6.07, 6.45) is 6.94. The van der Waals surface area contributed by atoms with Gasteiger partial charge in [0.15, 0.2) is 0 Å². The fourth-order valence-electron chi connectivity index (χ4n) is 2.35. The van der Waals surface area contributed by atoms with Crippen molar-refractivity contribution in [2.45, 2.75) is 44.9 Å². The Hall–Kier alpha value is -1.04. The summed E-state index contributed by atoms with van der Waals surface area (Å²) in [5.41, 5.74) is 0.175. The molecule has 0 aromatic carbocycles. The van der Waals surface area contributed by atoms with E-state index in [-0.39, 0.29) is 5.41 Å². The minimum atomic E-state index is 0.175. The van der Waals surface area contributed by atoms with Gasteiger partial charge in [0.2, 0.25) is 5.91 Å². The molecule has 0 radical (unpaired) electrons. The summed E-state index contributed by atoms with van der Waals surface area (Å²) in [5, 5.41) is 8.74. The van der Waals surface area contributed by atoms with Gasteiger partial charge in [-0.05, 0) is 25.7 Å². The zero-order valence-electron chi connectivity index (χ0n) is 9.17. The van der Waals surface area contributed by atoms with E-state index in [1.807, 2.05) is 4.90 Å². The van der Waals surface area contributed by atoms with Crippen LogP contribution >= 0.6 is 0 Å². The van der Waals surface area contributed by atoms with Gasteiger partial charge in [-0.25, -0.2) is 0 Å². The molecule has 1 aliphatic carbocycles. The molecule has 0 aromatic rings. The van der Waals surface area contributed by atoms with Crippen LogP contribution in [0.2, 0.25) is 0 Å². The van der Waals surface area contributed by atoms with Crippen LogP contribution in [0.1, 0.15) is 44.9 Å². The highest BCUT2D eigenvalue weighted by molar-refractivity contribution is 5.76. The summed E-state index contributed by atoms with van der Waals surface area (Å²) in [4.78, 5) is 13.8. The molecule has 82 valence electrons. The number of hydrogen-bond donors (Lipinski definition) is 0. The van der Waals surface area contributed by atoms with E-state index in [2.05, 4.69) is 6.07 Å². The highest BCUT2D eigenvalue weighted by atomic mass is 16.2. The molecular weight excluding hydrogens is 188 g/mol. The fourth-order valence-corrected chi connectivity index (χ4v) is 2.35. The lowest BCUT2D eigenvalue weighted by Crippen LogP contribution is -2.35. The first-order valence-electron chi connectivity index (χ1n) is 5.91. The summed E-state index contributed by atoms with van der Waals surface area (Å²) < 4.78 is 0. The molecule has 0 spiro atoms. The second-order valence-electron chi connectivity index (χ2n) is 4.96. The van der Waals surface area contributed by atoms with Crippen molar-refractivity contribution in [1.29, 1.82) is 5.26 Å². The maximum Gasteiger partial charge on any atom is 0.222 e. The average molecular weight is 206 g/mol. The van der Waals surface area contributed by atoms with Crippen LogP contribution in [0.3, 0.4) is 0 Å². The molecule has 0 unspecified atom stereocenters. The standard InChI is InChI=1S/C12H18N2O/c13-8-7-12(5-6-12)10-14-9-3-1-2-4-11(14)15/h1-7,9-10H2. The lowest BCUT2D eigenvalue weighted by atomic mass is 10.0. The van der Waals surface area contributed by atoms with E-state index in [0.717, 1.165) is 38.8 Å². The summed E-state index contributed by atoms with van der Waals surface area (Å²) in [5.74, 6) is 0.303. The molecule has 1 heterocycles. The van der Waals surface area contributed by atoms with Crippen LogP contribution in [0.15, 0.2) is 0 Å². The molecule has 1 aliphatic heterocycles. The number of nitriles is 1. The van der Waals surface area contributed by atoms with Crippen molar-refractivity contribution < 1.29 is 4.79 Å². The Kier molecular flexibility index (Phi) is 2.95. The molecule has 2 rings (SSSR count). The number of likely N-dealkylation sites (tertiary alicyclic amines) is 1. The van der Waals surface area contributed by atoms with E-state index in [9.17, 15) is 4.79 Å². The van der Waals surface area contributed by atoms with Crippen molar-refractivity contribution >= 4 is 5.91 Å². The third-order valence-electron chi connectivity index (χ3n) is 3.61. The molecule has 1 amide bonds. The van der Waals surface area contributed by atoms with Gasteiger partial charge in [-0.2, -0.15) is 5.26 Å². The van der Waals surface area contributed by atoms with Gasteiger partial charge >= 0.3 is 0 Å². The van der Waals surface area contributed by atoms with Crippen molar-refractivity contribution in [2.75, 3.05) is 13.1 Å². The molecule has 0 N–H and O–H groups in total. The van der Waals surface area contributed by atoms with Crippen molar-refractivity contribution in [3.63, 3.8) is 0 Å². The summed E-state index contributed by atoms with van der Waals surface area (Å²) in [6.45, 7) is 1.74. The maximum absolute atomic E-state index is 11.8. The minimum Gasteiger partial charge on any atom is -0.342 e. The first-order valence-corrected chi connectivity index (χ1v) is 5.91. The lowest BCUT2D eigenvalue weighted by Gasteiger charge is -2.25. The summed E-state index contributed by atoms with van der Waals surface area (Å²) in [6, 6.07) is 2.25. The van der Waals surface area contributed by atoms with Crippen LogP contribution in [-0.4, -0.2) is 23.9 Å². The van der Waals surface area contributed by atoms with Crippen molar-refractivity contribution in [3.8, 4) is 6.07 Å². The van der Waals surface area contributed by atoms with Gasteiger partial charge in [-0.3, -0.25) is 4.79 Å². The summed E-state index contributed by atoms with van der Waals surface area (Å²) in [7, 11) is 0. The molecule has 15 heavy (non-hydrogen) atoms. The van der Waals surface area contributed by atoms with Crippen LogP contribution in [0.5, 0.6) is 0 Å². The minimum absolute atomic E-state index is 0.175. The highest BCUT2D eigenvalue weighted by Gasteiger charge is 2.44. The van der Waals surface area contributed by atoms with Crippen molar-refractivity contribution in [2.24, 2.45) is 5.41 Å². The van der Waals surface area contributed by atoms with Gasteiger partial charge in [0.05, 0.1) is 6.07 Å². The van der Waals surface area contributed by atoms with Crippen LogP contribution in [-0.2, 0) is 4.79 Å². The fraction of sp³-hybridized carbons (Fsp3) is 0.833. The van der Waals surface area contributed by atoms with E-state index in [1.54, 1.807) is 0 Å². The van der Waals surface area contributed by atoms with Crippen molar-refractivity contribution in [3.05, 3.63) is 0 Å². The smallest absolute Gasteiger partial charge is 0.222 e. The Morgan fingerprint density at radius 2 is 2.13 bits per heavy atom. The van der Waals surface area contributed by atoms with Crippen LogP contribution in [0.25, 0.3) is 0 Å². The average Bonchev–Trinajstić information content (AvgIpc) is 2.97. The number of rotatable bonds is 3. The molecule has 3 heteroatoms. The molecule has 0 aromatic heterocycles. The second kappa shape index (κ2) is 4.22. The number of nitrogens with zero attached hydrogens (tertiary/aromatic N) is 2. The van der Waals surface area contributed by atoms with Crippen LogP contribution in [0, 0.1) is 16.7 Å². The Balaban J connectivity index is 1.92. The SMILES string of the molecule is N#CCC1(CN2CCCCCC2=O)CC1. The zero-order chi connectivity index (χ0) is 10.7. The number of hydrogen-bond acceptors (Lipinski definition) is 2. The third-order valence-corrected chi connectivity index (χ3v) is 3.61. The van der Waals surface area contributed by atoms with E-state index in [1.165, 1.54) is 6.42 Å². The van der Waals surface area contributed by atoms with Gasteiger partial charge in [0, 0.05) is 31.3 Å². The topological polar surface area (TPSA) is 44.1 Å². The Morgan fingerprint density at radius 3 is 2.80 bits per heavy atom. The van der Waals surface area contributed by atoms with Crippen LogP contribution < -0.4 is 0 Å². The van der Waals surface area contributed by atoms with Gasteiger partial charge in [0.1, 0.15) is 0 Å². The molecule has 2 aliphatic rings. The molecule has 0 bridgehead atoms. The molecule has 2 fully saturated rings. The third kappa shape index (κ3) is 2.50. The first-order chi connectivity index (χ1) is 7.26. The second-order valence-corrected chi connectivity index (χ2v) is 4.96. The molecule has 0 atom stereocenters. The number of amides is 1. The van der Waals surface area contributed by atoms with Gasteiger partial charge < -0.3 is 4.90 Å². The zero-order valence-corrected chi connectivity index (χ0v) is 9.17. The monoisotopic (exact) mass is 206 g/mol. The maximum atomic E-state index is 11.8. The van der Waals surface area contributed by atoms with Crippen LogP contribution in [0.4, 0.5) is 0 Å². The van der Waals surface area contributed by atoms with Gasteiger partial charge in [-0.1, -0.05) is 6.42 Å². The Morgan fingerprint density at radius 1 is 1.33 bits per heavy atom. The lowest BCUT2D eigenvalue weighted by molar-refractivity contribution is -0.131. The highest BCUT2D eigenvalue weighted by Crippen LogP contribution is 2.49. The van der Waals surface area contributed by atoms with E-state index in [0.29, 0.717) is 18.7 Å². The first kappa shape index (κ1) is 10.5. The number of carbonyl (C=O) groups is 1. The predicted octanol–water partition coefficient (Wildman–Crippen LogP) is 2.08. The molecular formula is C12H18N2O. The predicted molar refractivity (Wildman–Crippen MR) is 56.9 cm³/mol. The largest absolute Gasteiger partial charge is 0.342 e. The van der Waals surface area contributed by atoms with Gasteiger partial charge in [0.25, 0.3) is 0 Å². The normalized spacial score (nSPS) is 24.5. The number of carbonyl (C=O) groups excluding carboxylic acids is 1. The molecule has 1 saturated heterocycles. The van der Waals surface area contributed by atoms with E-state index < -0.39 is 0 Å². The summed E-state index contributed by atoms with van der Waals surface area (Å²) >= 11 is 0. The molecule has 1 saturated carbocycles. The Bertz CT molecular complexity index is 288. The van der Waals surface area contributed by atoms with E-state index in [4.69, 9.17) is 5.26 Å². The quantitative estimate of drug-likeness (QED) is 0.709. The Labute approximate surface area is 91.1 Å². The molecule has 3 nitrogen and oxygen atoms in total. The van der Waals surface area contributed by atoms with Gasteiger partial charge in [-0.15, -0.1) is 0 Å². The van der Waals surface area contributed by atoms with E-state index >= 15 is 0 Å².